The quantitative estimate of drug-likeness (QED) is 0.569. The van der Waals surface area contributed by atoms with Crippen LogP contribution in [0.4, 0.5) is 0 Å². The molecule has 3 heterocycles. The number of ether oxygens (including phenoxy) is 2. The minimum absolute atomic E-state index is 0.0137. The maximum Gasteiger partial charge on any atom is 0.240 e. The van der Waals surface area contributed by atoms with Crippen molar-refractivity contribution in [2.75, 3.05) is 19.8 Å². The lowest BCUT2D eigenvalue weighted by atomic mass is 10.3. The second-order valence-corrected chi connectivity index (χ2v) is 12.2. The molecule has 29 heavy (non-hydrogen) atoms. The van der Waals surface area contributed by atoms with Crippen molar-refractivity contribution in [3.8, 4) is 11.5 Å². The Morgan fingerprint density at radius 3 is 2.34 bits per heavy atom. The molecular weight excluding hydrogens is 454 g/mol. The third kappa shape index (κ3) is 4.19. The van der Waals surface area contributed by atoms with Gasteiger partial charge in [-0.15, -0.1) is 22.7 Å². The fourth-order valence-corrected chi connectivity index (χ4v) is 8.02. The van der Waals surface area contributed by atoms with Gasteiger partial charge in [-0.1, -0.05) is 12.1 Å². The summed E-state index contributed by atoms with van der Waals surface area (Å²) >= 11 is 2.38. The molecule has 154 valence electrons. The van der Waals surface area contributed by atoms with E-state index in [4.69, 9.17) is 9.47 Å². The van der Waals surface area contributed by atoms with E-state index in [1.54, 1.807) is 29.0 Å². The van der Waals surface area contributed by atoms with Gasteiger partial charge in [0, 0.05) is 17.5 Å². The Bertz CT molecular complexity index is 1190. The Morgan fingerprint density at radius 2 is 1.66 bits per heavy atom. The van der Waals surface area contributed by atoms with Crippen molar-refractivity contribution in [2.24, 2.45) is 0 Å². The van der Waals surface area contributed by atoms with Gasteiger partial charge in [-0.25, -0.2) is 21.6 Å². The van der Waals surface area contributed by atoms with E-state index >= 15 is 0 Å². The molecule has 11 heteroatoms. The van der Waals surface area contributed by atoms with Gasteiger partial charge in [0.2, 0.25) is 10.0 Å². The minimum atomic E-state index is -3.95. The van der Waals surface area contributed by atoms with E-state index in [9.17, 15) is 16.8 Å². The van der Waals surface area contributed by atoms with E-state index in [1.165, 1.54) is 35.6 Å². The van der Waals surface area contributed by atoms with Crippen LogP contribution in [0.1, 0.15) is 10.1 Å². The van der Waals surface area contributed by atoms with Crippen LogP contribution < -0.4 is 14.2 Å². The second kappa shape index (κ2) is 8.07. The summed E-state index contributed by atoms with van der Waals surface area (Å²) in [6.45, 7) is 0.460. The topological polar surface area (TPSA) is 98.8 Å². The lowest BCUT2D eigenvalue weighted by Gasteiger charge is -2.19. The second-order valence-electron chi connectivity index (χ2n) is 6.14. The highest BCUT2D eigenvalue weighted by Crippen LogP contribution is 2.35. The number of benzene rings is 1. The number of rotatable bonds is 7. The molecule has 0 unspecified atom stereocenters. The molecule has 1 N–H and O–H groups in total. The van der Waals surface area contributed by atoms with Crippen LogP contribution in [0, 0.1) is 0 Å². The Hall–Kier alpha value is -1.92. The summed E-state index contributed by atoms with van der Waals surface area (Å²) in [7, 11) is -7.69. The minimum Gasteiger partial charge on any atom is -0.486 e. The molecule has 0 spiro atoms. The summed E-state index contributed by atoms with van der Waals surface area (Å²) in [5.41, 5.74) is 0. The molecule has 0 fully saturated rings. The molecule has 4 rings (SSSR count). The van der Waals surface area contributed by atoms with Crippen LogP contribution in [0.5, 0.6) is 11.5 Å². The first kappa shape index (κ1) is 20.4. The molecule has 1 aromatic carbocycles. The summed E-state index contributed by atoms with van der Waals surface area (Å²) in [6.07, 6.45) is 0. The van der Waals surface area contributed by atoms with Gasteiger partial charge in [-0.05, 0) is 35.0 Å². The van der Waals surface area contributed by atoms with Crippen molar-refractivity contribution in [3.63, 3.8) is 0 Å². The summed E-state index contributed by atoms with van der Waals surface area (Å²) in [4.78, 5) is 0.559. The lowest BCUT2D eigenvalue weighted by Crippen LogP contribution is -2.31. The van der Waals surface area contributed by atoms with Crippen molar-refractivity contribution in [1.29, 1.82) is 0 Å². The van der Waals surface area contributed by atoms with E-state index in [0.29, 0.717) is 29.6 Å². The molecule has 1 aliphatic rings. The Kier molecular flexibility index (Phi) is 5.67. The third-order valence-corrected chi connectivity index (χ3v) is 10.4. The molecule has 1 atom stereocenters. The van der Waals surface area contributed by atoms with Gasteiger partial charge in [0.1, 0.15) is 22.7 Å². The lowest BCUT2D eigenvalue weighted by molar-refractivity contribution is 0.171. The highest BCUT2D eigenvalue weighted by molar-refractivity contribution is 7.94. The summed E-state index contributed by atoms with van der Waals surface area (Å²) in [5.74, 6) is 0.826. The highest BCUT2D eigenvalue weighted by Gasteiger charge is 2.32. The zero-order chi connectivity index (χ0) is 20.5. The van der Waals surface area contributed by atoms with E-state index < -0.39 is 25.1 Å². The first-order valence-electron chi connectivity index (χ1n) is 8.58. The maximum absolute atomic E-state index is 13.1. The van der Waals surface area contributed by atoms with Crippen LogP contribution in [-0.4, -0.2) is 36.6 Å². The summed E-state index contributed by atoms with van der Waals surface area (Å²) in [5, 5.41) is 2.42. The molecule has 0 amide bonds. The molecule has 0 radical (unpaired) electrons. The van der Waals surface area contributed by atoms with Gasteiger partial charge >= 0.3 is 0 Å². The van der Waals surface area contributed by atoms with Crippen LogP contribution in [0.15, 0.2) is 62.3 Å². The van der Waals surface area contributed by atoms with Crippen molar-refractivity contribution < 1.29 is 26.3 Å². The number of nitrogens with one attached hydrogen (secondary N) is 1. The molecule has 2 aromatic heterocycles. The zero-order valence-electron chi connectivity index (χ0n) is 15.0. The monoisotopic (exact) mass is 471 g/mol. The molecule has 0 saturated heterocycles. The van der Waals surface area contributed by atoms with E-state index in [1.807, 2.05) is 0 Å². The molecule has 0 saturated carbocycles. The van der Waals surface area contributed by atoms with Crippen LogP contribution >= 0.6 is 22.7 Å². The van der Waals surface area contributed by atoms with Crippen molar-refractivity contribution in [3.05, 3.63) is 58.1 Å². The van der Waals surface area contributed by atoms with Crippen molar-refractivity contribution in [1.82, 2.24) is 4.72 Å². The molecule has 0 aliphatic carbocycles. The fraction of sp³-hybridized carbons (Fsp3) is 0.222. The zero-order valence-corrected chi connectivity index (χ0v) is 18.2. The molecule has 0 bridgehead atoms. The van der Waals surface area contributed by atoms with Gasteiger partial charge in [-0.3, -0.25) is 0 Å². The van der Waals surface area contributed by atoms with Crippen LogP contribution in [-0.2, 0) is 19.9 Å². The highest BCUT2D eigenvalue weighted by atomic mass is 32.2. The van der Waals surface area contributed by atoms with Crippen LogP contribution in [0.3, 0.4) is 0 Å². The largest absolute Gasteiger partial charge is 0.486 e. The molecule has 3 aromatic rings. The third-order valence-electron chi connectivity index (χ3n) is 4.29. The van der Waals surface area contributed by atoms with E-state index in [2.05, 4.69) is 4.72 Å². The smallest absolute Gasteiger partial charge is 0.240 e. The average Bonchev–Trinajstić information content (AvgIpc) is 3.42. The molecule has 1 aliphatic heterocycles. The summed E-state index contributed by atoms with van der Waals surface area (Å²) in [6, 6.07) is 10.9. The van der Waals surface area contributed by atoms with Gasteiger partial charge < -0.3 is 9.47 Å². The first-order valence-corrected chi connectivity index (χ1v) is 13.4. The normalized spacial score (nSPS) is 15.2. The van der Waals surface area contributed by atoms with Crippen LogP contribution in [0.25, 0.3) is 0 Å². The van der Waals surface area contributed by atoms with Gasteiger partial charge in [0.15, 0.2) is 21.3 Å². The van der Waals surface area contributed by atoms with Gasteiger partial charge in [0.25, 0.3) is 0 Å². The number of thiophene rings is 2. The number of sulfone groups is 1. The Labute approximate surface area is 176 Å². The van der Waals surface area contributed by atoms with Crippen molar-refractivity contribution in [2.45, 2.75) is 14.4 Å². The van der Waals surface area contributed by atoms with Gasteiger partial charge in [0.05, 0.1) is 4.90 Å². The van der Waals surface area contributed by atoms with E-state index in [0.717, 1.165) is 11.3 Å². The average molecular weight is 472 g/mol. The van der Waals surface area contributed by atoms with E-state index in [-0.39, 0.29) is 15.6 Å². The molecule has 7 nitrogen and oxygen atoms in total. The van der Waals surface area contributed by atoms with Gasteiger partial charge in [-0.2, -0.15) is 0 Å². The number of sulfonamides is 1. The Balaban J connectivity index is 1.60. The summed E-state index contributed by atoms with van der Waals surface area (Å²) < 4.78 is 65.3. The number of hydrogen-bond acceptors (Lipinski definition) is 8. The Morgan fingerprint density at radius 1 is 0.931 bits per heavy atom. The predicted octanol–water partition coefficient (Wildman–Crippen LogP) is 3.07. The van der Waals surface area contributed by atoms with Crippen molar-refractivity contribution >= 4 is 42.5 Å². The SMILES string of the molecule is O=S(=O)(NC[C@@H](c1cccs1)S(=O)(=O)c1cccs1)c1ccc2c(c1)OCCO2. The maximum atomic E-state index is 13.1. The standard InChI is InChI=1S/C18H17NO6S4/c20-28(21,18-4-2-10-27-18)17(16-3-1-9-26-16)12-19-29(22,23)13-5-6-14-15(11-13)25-8-7-24-14/h1-6,9-11,17,19H,7-8,12H2/t17-/m0/s1. The predicted molar refractivity (Wildman–Crippen MR) is 111 cm³/mol. The first-order chi connectivity index (χ1) is 13.9. The number of hydrogen-bond donors (Lipinski definition) is 1. The fourth-order valence-electron chi connectivity index (χ4n) is 2.86. The number of fused-ring (bicyclic) bond motifs is 1. The molecular formula is C18H17NO6S4. The van der Waals surface area contributed by atoms with Crippen LogP contribution in [0.2, 0.25) is 0 Å².